The Kier molecular flexibility index (Phi) is 5.95. The molecule has 0 heterocycles. The number of carbonyl (C=O) groups is 1. The predicted octanol–water partition coefficient (Wildman–Crippen LogP) is 4.16. The van der Waals surface area contributed by atoms with Crippen LogP contribution in [-0.2, 0) is 9.53 Å². The lowest BCUT2D eigenvalue weighted by Gasteiger charge is -2.12. The van der Waals surface area contributed by atoms with Gasteiger partial charge in [0, 0.05) is 6.08 Å². The molecule has 0 amide bonds. The number of rotatable bonds is 6. The van der Waals surface area contributed by atoms with Crippen molar-refractivity contribution in [1.82, 2.24) is 0 Å². The van der Waals surface area contributed by atoms with Crippen LogP contribution in [0.15, 0.2) is 48.5 Å². The van der Waals surface area contributed by atoms with Crippen LogP contribution < -0.4 is 9.47 Å². The number of esters is 1. The lowest BCUT2D eigenvalue weighted by Crippen LogP contribution is -2.06. The molecule has 0 aliphatic heterocycles. The Balaban J connectivity index is 2.01. The van der Waals surface area contributed by atoms with Gasteiger partial charge in [0.1, 0.15) is 11.9 Å². The Bertz CT molecular complexity index is 723. The van der Waals surface area contributed by atoms with Gasteiger partial charge in [-0.25, -0.2) is 9.18 Å². The summed E-state index contributed by atoms with van der Waals surface area (Å²) in [5.41, 5.74) is 1.50. The summed E-state index contributed by atoms with van der Waals surface area (Å²) in [6, 6.07) is 11.2. The lowest BCUT2D eigenvalue weighted by atomic mass is 10.1. The Morgan fingerprint density at radius 1 is 1.04 bits per heavy atom. The van der Waals surface area contributed by atoms with E-state index in [9.17, 15) is 9.18 Å². The van der Waals surface area contributed by atoms with Crippen molar-refractivity contribution in [2.75, 3.05) is 14.2 Å². The summed E-state index contributed by atoms with van der Waals surface area (Å²) in [6.45, 7) is 1.73. The molecule has 24 heavy (non-hydrogen) atoms. The molecule has 0 aromatic heterocycles. The first-order valence-corrected chi connectivity index (χ1v) is 7.39. The first kappa shape index (κ1) is 17.5. The normalized spacial score (nSPS) is 12.0. The highest BCUT2D eigenvalue weighted by molar-refractivity contribution is 5.87. The summed E-state index contributed by atoms with van der Waals surface area (Å²) in [6.07, 6.45) is 2.50. The van der Waals surface area contributed by atoms with Crippen LogP contribution in [0.5, 0.6) is 11.5 Å². The number of halogens is 1. The van der Waals surface area contributed by atoms with Crippen molar-refractivity contribution in [3.05, 3.63) is 65.5 Å². The number of hydrogen-bond acceptors (Lipinski definition) is 4. The molecule has 0 fully saturated rings. The zero-order valence-electron chi connectivity index (χ0n) is 13.8. The molecule has 0 N–H and O–H groups in total. The Labute approximate surface area is 140 Å². The van der Waals surface area contributed by atoms with Crippen LogP contribution >= 0.6 is 0 Å². The van der Waals surface area contributed by atoms with Crippen LogP contribution in [0.25, 0.3) is 6.08 Å². The summed E-state index contributed by atoms with van der Waals surface area (Å²) in [4.78, 5) is 11.9. The smallest absolute Gasteiger partial charge is 0.331 e. The summed E-state index contributed by atoms with van der Waals surface area (Å²) >= 11 is 0. The molecule has 0 aliphatic carbocycles. The standard InChI is InChI=1S/C19H19FO4/c1-13(15-6-8-16(20)9-7-15)24-19(21)11-5-14-4-10-17(22-2)18(12-14)23-3/h4-13H,1-3H3/b11-5+/t13-/m0/s1. The van der Waals surface area contributed by atoms with E-state index < -0.39 is 12.1 Å². The van der Waals surface area contributed by atoms with Crippen molar-refractivity contribution in [1.29, 1.82) is 0 Å². The first-order valence-electron chi connectivity index (χ1n) is 7.39. The molecule has 0 saturated carbocycles. The van der Waals surface area contributed by atoms with Crippen LogP contribution in [0.2, 0.25) is 0 Å². The third-order valence-corrected chi connectivity index (χ3v) is 3.45. The van der Waals surface area contributed by atoms with Gasteiger partial charge in [-0.05, 0) is 48.4 Å². The number of ether oxygens (including phenoxy) is 3. The quantitative estimate of drug-likeness (QED) is 0.589. The minimum atomic E-state index is -0.485. The monoisotopic (exact) mass is 330 g/mol. The Morgan fingerprint density at radius 3 is 2.33 bits per heavy atom. The van der Waals surface area contributed by atoms with Crippen LogP contribution in [0, 0.1) is 5.82 Å². The lowest BCUT2D eigenvalue weighted by molar-refractivity contribution is -0.142. The first-order chi connectivity index (χ1) is 11.5. The minimum absolute atomic E-state index is 0.328. The molecule has 2 aromatic carbocycles. The van der Waals surface area contributed by atoms with E-state index in [4.69, 9.17) is 14.2 Å². The summed E-state index contributed by atoms with van der Waals surface area (Å²) in [5.74, 6) is 0.377. The van der Waals surface area contributed by atoms with Crippen molar-refractivity contribution in [3.63, 3.8) is 0 Å². The van der Waals surface area contributed by atoms with Gasteiger partial charge in [-0.15, -0.1) is 0 Å². The summed E-state index contributed by atoms with van der Waals surface area (Å²) < 4.78 is 28.6. The highest BCUT2D eigenvalue weighted by atomic mass is 19.1. The van der Waals surface area contributed by atoms with Gasteiger partial charge < -0.3 is 14.2 Å². The van der Waals surface area contributed by atoms with Crippen molar-refractivity contribution in [2.45, 2.75) is 13.0 Å². The largest absolute Gasteiger partial charge is 0.493 e. The van der Waals surface area contributed by atoms with Crippen molar-refractivity contribution >= 4 is 12.0 Å². The highest BCUT2D eigenvalue weighted by Crippen LogP contribution is 2.28. The molecule has 0 radical (unpaired) electrons. The maximum Gasteiger partial charge on any atom is 0.331 e. The fraction of sp³-hybridized carbons (Fsp3) is 0.211. The van der Waals surface area contributed by atoms with Crippen LogP contribution in [0.3, 0.4) is 0 Å². The van der Waals surface area contributed by atoms with E-state index in [0.29, 0.717) is 11.5 Å². The fourth-order valence-electron chi connectivity index (χ4n) is 2.14. The molecule has 5 heteroatoms. The van der Waals surface area contributed by atoms with E-state index in [2.05, 4.69) is 0 Å². The minimum Gasteiger partial charge on any atom is -0.493 e. The Morgan fingerprint density at radius 2 is 1.71 bits per heavy atom. The highest BCUT2D eigenvalue weighted by Gasteiger charge is 2.10. The molecule has 0 unspecified atom stereocenters. The topological polar surface area (TPSA) is 44.8 Å². The van der Waals surface area contributed by atoms with E-state index >= 15 is 0 Å². The predicted molar refractivity (Wildman–Crippen MR) is 89.5 cm³/mol. The van der Waals surface area contributed by atoms with Crippen molar-refractivity contribution < 1.29 is 23.4 Å². The van der Waals surface area contributed by atoms with E-state index in [1.807, 2.05) is 0 Å². The molecule has 0 saturated heterocycles. The van der Waals surface area contributed by atoms with Gasteiger partial charge in [0.25, 0.3) is 0 Å². The van der Waals surface area contributed by atoms with Gasteiger partial charge in [0.05, 0.1) is 14.2 Å². The number of benzene rings is 2. The third-order valence-electron chi connectivity index (χ3n) is 3.45. The molecule has 0 bridgehead atoms. The van der Waals surface area contributed by atoms with Crippen molar-refractivity contribution in [2.24, 2.45) is 0 Å². The molecule has 2 aromatic rings. The zero-order chi connectivity index (χ0) is 17.5. The van der Waals surface area contributed by atoms with Gasteiger partial charge in [-0.3, -0.25) is 0 Å². The second kappa shape index (κ2) is 8.15. The molecular weight excluding hydrogens is 311 g/mol. The SMILES string of the molecule is COc1ccc(/C=C/C(=O)O[C@@H](C)c2ccc(F)cc2)cc1OC. The fourth-order valence-corrected chi connectivity index (χ4v) is 2.14. The van der Waals surface area contributed by atoms with Crippen LogP contribution in [0.4, 0.5) is 4.39 Å². The van der Waals surface area contributed by atoms with Gasteiger partial charge >= 0.3 is 5.97 Å². The third kappa shape index (κ3) is 4.59. The summed E-state index contributed by atoms with van der Waals surface area (Å²) in [7, 11) is 3.10. The maximum absolute atomic E-state index is 12.9. The molecule has 1 atom stereocenters. The summed E-state index contributed by atoms with van der Waals surface area (Å²) in [5, 5.41) is 0. The van der Waals surface area contributed by atoms with Crippen LogP contribution in [-0.4, -0.2) is 20.2 Å². The number of hydrogen-bond donors (Lipinski definition) is 0. The second-order valence-electron chi connectivity index (χ2n) is 5.08. The molecule has 2 rings (SSSR count). The number of carbonyl (C=O) groups excluding carboxylic acids is 1. The molecule has 4 nitrogen and oxygen atoms in total. The van der Waals surface area contributed by atoms with E-state index in [-0.39, 0.29) is 5.82 Å². The second-order valence-corrected chi connectivity index (χ2v) is 5.08. The molecule has 0 spiro atoms. The van der Waals surface area contributed by atoms with Gasteiger partial charge in [-0.2, -0.15) is 0 Å². The maximum atomic E-state index is 12.9. The van der Waals surface area contributed by atoms with Gasteiger partial charge in [-0.1, -0.05) is 18.2 Å². The van der Waals surface area contributed by atoms with Crippen LogP contribution in [0.1, 0.15) is 24.2 Å². The Hall–Kier alpha value is -2.82. The molecular formula is C19H19FO4. The van der Waals surface area contributed by atoms with Crippen molar-refractivity contribution in [3.8, 4) is 11.5 Å². The molecule has 0 aliphatic rings. The van der Waals surface area contributed by atoms with E-state index in [1.54, 1.807) is 57.6 Å². The average Bonchev–Trinajstić information content (AvgIpc) is 2.60. The van der Waals surface area contributed by atoms with E-state index in [0.717, 1.165) is 11.1 Å². The zero-order valence-corrected chi connectivity index (χ0v) is 13.8. The molecule has 126 valence electrons. The van der Waals surface area contributed by atoms with E-state index in [1.165, 1.54) is 18.2 Å². The van der Waals surface area contributed by atoms with Gasteiger partial charge in [0.2, 0.25) is 0 Å². The van der Waals surface area contributed by atoms with Gasteiger partial charge in [0.15, 0.2) is 11.5 Å². The average molecular weight is 330 g/mol. The number of methoxy groups -OCH3 is 2.